The van der Waals surface area contributed by atoms with E-state index in [4.69, 9.17) is 4.74 Å². The second-order valence-corrected chi connectivity index (χ2v) is 4.96. The molecule has 1 heterocycles. The molecule has 3 heteroatoms. The van der Waals surface area contributed by atoms with E-state index in [1.807, 2.05) is 6.92 Å². The Morgan fingerprint density at radius 2 is 1.73 bits per heavy atom. The van der Waals surface area contributed by atoms with Crippen LogP contribution < -0.4 is 0 Å². The van der Waals surface area contributed by atoms with E-state index in [1.165, 1.54) is 7.11 Å². The molecule has 1 fully saturated rings. The summed E-state index contributed by atoms with van der Waals surface area (Å²) in [5.74, 6) is 1.33. The normalized spacial score (nSPS) is 31.3. The van der Waals surface area contributed by atoms with Crippen molar-refractivity contribution in [3.05, 3.63) is 0 Å². The topological polar surface area (TPSA) is 29.5 Å². The van der Waals surface area contributed by atoms with Crippen LogP contribution in [-0.4, -0.2) is 37.1 Å². The van der Waals surface area contributed by atoms with Gasteiger partial charge in [0.1, 0.15) is 0 Å². The average molecular weight is 213 g/mol. The first-order valence-corrected chi connectivity index (χ1v) is 5.79. The summed E-state index contributed by atoms with van der Waals surface area (Å²) in [6.45, 7) is 10.8. The second kappa shape index (κ2) is 4.97. The molecule has 15 heavy (non-hydrogen) atoms. The number of esters is 1. The van der Waals surface area contributed by atoms with Gasteiger partial charge in [-0.1, -0.05) is 20.8 Å². The van der Waals surface area contributed by atoms with Gasteiger partial charge in [-0.2, -0.15) is 0 Å². The smallest absolute Gasteiger partial charge is 0.309 e. The number of carbonyl (C=O) groups excluding carboxylic acids is 1. The first-order valence-electron chi connectivity index (χ1n) is 5.79. The number of carbonyl (C=O) groups is 1. The summed E-state index contributed by atoms with van der Waals surface area (Å²) in [7, 11) is 1.46. The summed E-state index contributed by atoms with van der Waals surface area (Å²) in [5.41, 5.74) is 0. The van der Waals surface area contributed by atoms with Crippen LogP contribution in [0.4, 0.5) is 0 Å². The first-order chi connectivity index (χ1) is 6.97. The fraction of sp³-hybridized carbons (Fsp3) is 0.917. The summed E-state index contributed by atoms with van der Waals surface area (Å²) in [6.07, 6.45) is 0. The highest BCUT2D eigenvalue weighted by Crippen LogP contribution is 2.26. The zero-order valence-corrected chi connectivity index (χ0v) is 10.5. The molecular formula is C12H23NO2. The molecule has 0 aromatic carbocycles. The standard InChI is InChI=1S/C12H23NO2/c1-8-6-13(7-9(8)2)11(4)10(3)12(14)15-5/h8-11H,6-7H2,1-5H3. The van der Waals surface area contributed by atoms with E-state index in [1.54, 1.807) is 0 Å². The molecule has 0 N–H and O–H groups in total. The Morgan fingerprint density at radius 1 is 1.27 bits per heavy atom. The third-order valence-corrected chi connectivity index (χ3v) is 3.89. The van der Waals surface area contributed by atoms with Crippen LogP contribution in [0.15, 0.2) is 0 Å². The van der Waals surface area contributed by atoms with Crippen molar-refractivity contribution < 1.29 is 9.53 Å². The summed E-state index contributed by atoms with van der Waals surface area (Å²) < 4.78 is 4.78. The Morgan fingerprint density at radius 3 is 2.13 bits per heavy atom. The van der Waals surface area contributed by atoms with Crippen LogP contribution in [0.1, 0.15) is 27.7 Å². The molecule has 0 spiro atoms. The molecule has 1 aliphatic heterocycles. The van der Waals surface area contributed by atoms with Crippen molar-refractivity contribution in [1.82, 2.24) is 4.90 Å². The van der Waals surface area contributed by atoms with Crippen molar-refractivity contribution >= 4 is 5.97 Å². The van der Waals surface area contributed by atoms with Gasteiger partial charge in [0.05, 0.1) is 13.0 Å². The minimum absolute atomic E-state index is 0.0347. The van der Waals surface area contributed by atoms with E-state index in [2.05, 4.69) is 25.7 Å². The molecule has 0 aliphatic carbocycles. The van der Waals surface area contributed by atoms with Crippen molar-refractivity contribution in [2.24, 2.45) is 17.8 Å². The van der Waals surface area contributed by atoms with Gasteiger partial charge in [0.25, 0.3) is 0 Å². The van der Waals surface area contributed by atoms with E-state index >= 15 is 0 Å². The Kier molecular flexibility index (Phi) is 4.14. The van der Waals surface area contributed by atoms with Gasteiger partial charge in [0.2, 0.25) is 0 Å². The van der Waals surface area contributed by atoms with Gasteiger partial charge in [-0.3, -0.25) is 9.69 Å². The molecule has 88 valence electrons. The van der Waals surface area contributed by atoms with Crippen LogP contribution in [0.25, 0.3) is 0 Å². The van der Waals surface area contributed by atoms with Crippen LogP contribution in [0.5, 0.6) is 0 Å². The molecule has 1 rings (SSSR count). The quantitative estimate of drug-likeness (QED) is 0.669. The van der Waals surface area contributed by atoms with E-state index in [9.17, 15) is 4.79 Å². The predicted octanol–water partition coefficient (Wildman–Crippen LogP) is 1.77. The van der Waals surface area contributed by atoms with Gasteiger partial charge in [-0.25, -0.2) is 0 Å². The zero-order valence-electron chi connectivity index (χ0n) is 10.5. The Balaban J connectivity index is 2.54. The summed E-state index contributed by atoms with van der Waals surface area (Å²) in [4.78, 5) is 13.8. The molecule has 4 atom stereocenters. The molecule has 4 unspecified atom stereocenters. The molecule has 1 aliphatic rings. The fourth-order valence-corrected chi connectivity index (χ4v) is 2.21. The molecular weight excluding hydrogens is 190 g/mol. The lowest BCUT2D eigenvalue weighted by molar-refractivity contribution is -0.146. The summed E-state index contributed by atoms with van der Waals surface area (Å²) >= 11 is 0. The Hall–Kier alpha value is -0.570. The van der Waals surface area contributed by atoms with Crippen molar-refractivity contribution in [2.45, 2.75) is 33.7 Å². The van der Waals surface area contributed by atoms with Gasteiger partial charge < -0.3 is 4.74 Å². The minimum Gasteiger partial charge on any atom is -0.469 e. The van der Waals surface area contributed by atoms with Gasteiger partial charge in [-0.05, 0) is 18.8 Å². The second-order valence-electron chi connectivity index (χ2n) is 4.96. The van der Waals surface area contributed by atoms with Gasteiger partial charge >= 0.3 is 5.97 Å². The molecule has 0 radical (unpaired) electrons. The zero-order chi connectivity index (χ0) is 11.6. The number of ether oxygens (including phenoxy) is 1. The van der Waals surface area contributed by atoms with E-state index in [0.29, 0.717) is 0 Å². The lowest BCUT2D eigenvalue weighted by Gasteiger charge is -2.28. The highest BCUT2D eigenvalue weighted by atomic mass is 16.5. The van der Waals surface area contributed by atoms with E-state index < -0.39 is 0 Å². The van der Waals surface area contributed by atoms with Gasteiger partial charge in [-0.15, -0.1) is 0 Å². The first kappa shape index (κ1) is 12.5. The Labute approximate surface area is 92.8 Å². The van der Waals surface area contributed by atoms with E-state index in [0.717, 1.165) is 24.9 Å². The third-order valence-electron chi connectivity index (χ3n) is 3.89. The number of likely N-dealkylation sites (tertiary alicyclic amines) is 1. The van der Waals surface area contributed by atoms with Gasteiger partial charge in [0.15, 0.2) is 0 Å². The lowest BCUT2D eigenvalue weighted by atomic mass is 10.0. The fourth-order valence-electron chi connectivity index (χ4n) is 2.21. The van der Waals surface area contributed by atoms with Crippen molar-refractivity contribution in [3.63, 3.8) is 0 Å². The highest BCUT2D eigenvalue weighted by Gasteiger charge is 2.33. The molecule has 0 aromatic heterocycles. The lowest BCUT2D eigenvalue weighted by Crippen LogP contribution is -2.39. The van der Waals surface area contributed by atoms with Crippen LogP contribution in [-0.2, 0) is 9.53 Å². The van der Waals surface area contributed by atoms with E-state index in [-0.39, 0.29) is 17.9 Å². The van der Waals surface area contributed by atoms with Gasteiger partial charge in [0, 0.05) is 19.1 Å². The highest BCUT2D eigenvalue weighted by molar-refractivity contribution is 5.72. The molecule has 1 saturated heterocycles. The molecule has 0 aromatic rings. The number of nitrogens with zero attached hydrogens (tertiary/aromatic N) is 1. The van der Waals surface area contributed by atoms with Crippen molar-refractivity contribution in [2.75, 3.05) is 20.2 Å². The predicted molar refractivity (Wildman–Crippen MR) is 60.5 cm³/mol. The van der Waals surface area contributed by atoms with Crippen LogP contribution in [0, 0.1) is 17.8 Å². The maximum atomic E-state index is 11.4. The molecule has 3 nitrogen and oxygen atoms in total. The molecule has 0 saturated carbocycles. The SMILES string of the molecule is COC(=O)C(C)C(C)N1CC(C)C(C)C1. The maximum Gasteiger partial charge on any atom is 0.309 e. The van der Waals surface area contributed by atoms with Crippen LogP contribution >= 0.6 is 0 Å². The minimum atomic E-state index is -0.102. The number of hydrogen-bond acceptors (Lipinski definition) is 3. The monoisotopic (exact) mass is 213 g/mol. The summed E-state index contributed by atoms with van der Waals surface area (Å²) in [5, 5.41) is 0. The third kappa shape index (κ3) is 2.71. The molecule has 0 amide bonds. The molecule has 0 bridgehead atoms. The summed E-state index contributed by atoms with van der Waals surface area (Å²) in [6, 6.07) is 0.282. The Bertz CT molecular complexity index is 220. The number of hydrogen-bond donors (Lipinski definition) is 0. The van der Waals surface area contributed by atoms with Crippen LogP contribution in [0.3, 0.4) is 0 Å². The maximum absolute atomic E-state index is 11.4. The average Bonchev–Trinajstić information content (AvgIpc) is 2.56. The van der Waals surface area contributed by atoms with Crippen LogP contribution in [0.2, 0.25) is 0 Å². The number of methoxy groups -OCH3 is 1. The number of rotatable bonds is 3. The van der Waals surface area contributed by atoms with Crippen molar-refractivity contribution in [3.8, 4) is 0 Å². The van der Waals surface area contributed by atoms with Crippen molar-refractivity contribution in [1.29, 1.82) is 0 Å². The largest absolute Gasteiger partial charge is 0.469 e.